The lowest BCUT2D eigenvalue weighted by Gasteiger charge is -2.19. The van der Waals surface area contributed by atoms with Crippen LogP contribution in [0.5, 0.6) is 0 Å². The molecule has 0 fully saturated rings. The van der Waals surface area contributed by atoms with Gasteiger partial charge < -0.3 is 10.0 Å². The molecule has 3 nitrogen and oxygen atoms in total. The Bertz CT molecular complexity index is 119. The summed E-state index contributed by atoms with van der Waals surface area (Å²) in [5.74, 6) is 0.0324. The van der Waals surface area contributed by atoms with Crippen molar-refractivity contribution >= 4 is 5.91 Å². The van der Waals surface area contributed by atoms with Crippen LogP contribution in [0.4, 0.5) is 0 Å². The number of carbonyl (C=O) groups excluding carboxylic acids is 1. The third-order valence-electron chi connectivity index (χ3n) is 1.59. The zero-order valence-electron chi connectivity index (χ0n) is 7.50. The molecule has 0 unspecified atom stereocenters. The number of rotatable bonds is 4. The number of carbonyl (C=O) groups is 1. The quantitative estimate of drug-likeness (QED) is 0.653. The van der Waals surface area contributed by atoms with Gasteiger partial charge in [0.05, 0.1) is 12.5 Å². The number of amides is 1. The Morgan fingerprint density at radius 1 is 1.45 bits per heavy atom. The molecule has 0 saturated heterocycles. The van der Waals surface area contributed by atoms with Crippen molar-refractivity contribution in [2.24, 2.45) is 0 Å². The van der Waals surface area contributed by atoms with Gasteiger partial charge in [-0.25, -0.2) is 0 Å². The summed E-state index contributed by atoms with van der Waals surface area (Å²) in [5.41, 5.74) is 0. The fraction of sp³-hybridized carbons (Fsp3) is 0.875. The van der Waals surface area contributed by atoms with E-state index in [9.17, 15) is 4.79 Å². The second-order valence-corrected chi connectivity index (χ2v) is 2.62. The average molecular weight is 159 g/mol. The van der Waals surface area contributed by atoms with Crippen LogP contribution >= 0.6 is 0 Å². The summed E-state index contributed by atoms with van der Waals surface area (Å²) in [6.45, 7) is 6.94. The molecule has 1 N–H and O–H groups in total. The monoisotopic (exact) mass is 159 g/mol. The van der Waals surface area contributed by atoms with Crippen LogP contribution in [-0.2, 0) is 4.79 Å². The van der Waals surface area contributed by atoms with Gasteiger partial charge in [0.2, 0.25) is 5.91 Å². The maximum absolute atomic E-state index is 11.2. The van der Waals surface area contributed by atoms with E-state index in [1.807, 2.05) is 13.8 Å². The van der Waals surface area contributed by atoms with E-state index < -0.39 is 6.10 Å². The van der Waals surface area contributed by atoms with Crippen molar-refractivity contribution in [2.45, 2.75) is 33.3 Å². The molecule has 0 radical (unpaired) electrons. The summed E-state index contributed by atoms with van der Waals surface area (Å²) >= 11 is 0. The molecule has 3 heteroatoms. The first-order valence-electron chi connectivity index (χ1n) is 4.07. The van der Waals surface area contributed by atoms with Crippen molar-refractivity contribution in [3.8, 4) is 0 Å². The maximum atomic E-state index is 11.2. The lowest BCUT2D eigenvalue weighted by atomic mass is 10.2. The van der Waals surface area contributed by atoms with Crippen molar-refractivity contribution < 1.29 is 9.90 Å². The van der Waals surface area contributed by atoms with E-state index in [4.69, 9.17) is 5.11 Å². The van der Waals surface area contributed by atoms with Crippen LogP contribution in [0.1, 0.15) is 27.2 Å². The first kappa shape index (κ1) is 10.4. The summed E-state index contributed by atoms with van der Waals surface area (Å²) < 4.78 is 0. The molecule has 0 aromatic heterocycles. The molecule has 0 aromatic rings. The molecule has 0 aliphatic carbocycles. The number of hydrogen-bond donors (Lipinski definition) is 1. The van der Waals surface area contributed by atoms with Crippen LogP contribution in [0.2, 0.25) is 0 Å². The molecule has 0 saturated carbocycles. The van der Waals surface area contributed by atoms with Crippen LogP contribution in [0, 0.1) is 0 Å². The molecule has 0 spiro atoms. The van der Waals surface area contributed by atoms with E-state index >= 15 is 0 Å². The highest BCUT2D eigenvalue weighted by atomic mass is 16.3. The Morgan fingerprint density at radius 2 is 1.91 bits per heavy atom. The highest BCUT2D eigenvalue weighted by Crippen LogP contribution is 1.97. The van der Waals surface area contributed by atoms with Crippen molar-refractivity contribution in [1.82, 2.24) is 4.90 Å². The van der Waals surface area contributed by atoms with Gasteiger partial charge in [0, 0.05) is 13.1 Å². The fourth-order valence-corrected chi connectivity index (χ4v) is 0.958. The predicted octanol–water partition coefficient (Wildman–Crippen LogP) is 0.626. The van der Waals surface area contributed by atoms with Crippen LogP contribution in [-0.4, -0.2) is 35.1 Å². The maximum Gasteiger partial charge on any atom is 0.225 e. The molecular formula is C8H17NO2. The molecule has 0 aromatic carbocycles. The van der Waals surface area contributed by atoms with E-state index in [2.05, 4.69) is 0 Å². The number of aliphatic hydroxyl groups excluding tert-OH is 1. The summed E-state index contributed by atoms with van der Waals surface area (Å²) in [4.78, 5) is 12.9. The van der Waals surface area contributed by atoms with Gasteiger partial charge in [-0.1, -0.05) is 0 Å². The first-order chi connectivity index (χ1) is 5.11. The molecule has 66 valence electrons. The molecule has 0 aliphatic rings. The second kappa shape index (κ2) is 5.13. The molecule has 1 atom stereocenters. The summed E-state index contributed by atoms with van der Waals surface area (Å²) in [5, 5.41) is 8.92. The highest BCUT2D eigenvalue weighted by Gasteiger charge is 2.11. The standard InChI is InChI=1S/C8H17NO2/c1-4-9(5-2)8(11)6-7(3)10/h7,10H,4-6H2,1-3H3/t7-/m1/s1. The van der Waals surface area contributed by atoms with E-state index in [0.29, 0.717) is 0 Å². The Hall–Kier alpha value is -0.570. The second-order valence-electron chi connectivity index (χ2n) is 2.62. The largest absolute Gasteiger partial charge is 0.393 e. The predicted molar refractivity (Wildman–Crippen MR) is 44.2 cm³/mol. The van der Waals surface area contributed by atoms with Gasteiger partial charge in [-0.3, -0.25) is 4.79 Å². The third-order valence-corrected chi connectivity index (χ3v) is 1.59. The summed E-state index contributed by atoms with van der Waals surface area (Å²) in [6.07, 6.45) is -0.287. The molecule has 11 heavy (non-hydrogen) atoms. The average Bonchev–Trinajstić information content (AvgIpc) is 1.88. The van der Waals surface area contributed by atoms with Gasteiger partial charge in [0.25, 0.3) is 0 Å². The minimum atomic E-state index is -0.525. The van der Waals surface area contributed by atoms with Crippen molar-refractivity contribution in [1.29, 1.82) is 0 Å². The van der Waals surface area contributed by atoms with Crippen LogP contribution in [0.3, 0.4) is 0 Å². The van der Waals surface area contributed by atoms with Gasteiger partial charge in [-0.15, -0.1) is 0 Å². The molecule has 0 heterocycles. The summed E-state index contributed by atoms with van der Waals surface area (Å²) in [7, 11) is 0. The number of hydrogen-bond acceptors (Lipinski definition) is 2. The van der Waals surface area contributed by atoms with Crippen molar-refractivity contribution in [3.05, 3.63) is 0 Å². The van der Waals surface area contributed by atoms with E-state index in [1.165, 1.54) is 0 Å². The van der Waals surface area contributed by atoms with Gasteiger partial charge in [0.15, 0.2) is 0 Å². The SMILES string of the molecule is CCN(CC)C(=O)C[C@@H](C)O. The van der Waals surface area contributed by atoms with Crippen LogP contribution in [0.15, 0.2) is 0 Å². The lowest BCUT2D eigenvalue weighted by Crippen LogP contribution is -2.32. The minimum Gasteiger partial charge on any atom is -0.393 e. The molecular weight excluding hydrogens is 142 g/mol. The summed E-state index contributed by atoms with van der Waals surface area (Å²) in [6, 6.07) is 0. The number of nitrogens with zero attached hydrogens (tertiary/aromatic N) is 1. The van der Waals surface area contributed by atoms with E-state index in [-0.39, 0.29) is 12.3 Å². The Balaban J connectivity index is 3.79. The topological polar surface area (TPSA) is 40.5 Å². The van der Waals surface area contributed by atoms with Crippen molar-refractivity contribution in [3.63, 3.8) is 0 Å². The van der Waals surface area contributed by atoms with E-state index in [1.54, 1.807) is 11.8 Å². The van der Waals surface area contributed by atoms with Gasteiger partial charge >= 0.3 is 0 Å². The first-order valence-corrected chi connectivity index (χ1v) is 4.07. The Labute approximate surface area is 68.0 Å². The number of aliphatic hydroxyl groups is 1. The molecule has 1 amide bonds. The fourth-order valence-electron chi connectivity index (χ4n) is 0.958. The normalized spacial score (nSPS) is 12.7. The Kier molecular flexibility index (Phi) is 4.86. The molecule has 0 rings (SSSR count). The van der Waals surface area contributed by atoms with Crippen LogP contribution < -0.4 is 0 Å². The zero-order chi connectivity index (χ0) is 8.85. The zero-order valence-corrected chi connectivity index (χ0v) is 7.50. The van der Waals surface area contributed by atoms with Gasteiger partial charge in [0.1, 0.15) is 0 Å². The van der Waals surface area contributed by atoms with Crippen molar-refractivity contribution in [2.75, 3.05) is 13.1 Å². The molecule has 0 bridgehead atoms. The smallest absolute Gasteiger partial charge is 0.225 e. The lowest BCUT2D eigenvalue weighted by molar-refractivity contribution is -0.132. The van der Waals surface area contributed by atoms with Gasteiger partial charge in [-0.2, -0.15) is 0 Å². The molecule has 0 aliphatic heterocycles. The van der Waals surface area contributed by atoms with E-state index in [0.717, 1.165) is 13.1 Å². The minimum absolute atomic E-state index is 0.0324. The third kappa shape index (κ3) is 3.98. The van der Waals surface area contributed by atoms with Gasteiger partial charge in [-0.05, 0) is 20.8 Å². The van der Waals surface area contributed by atoms with Crippen LogP contribution in [0.25, 0.3) is 0 Å². The Morgan fingerprint density at radius 3 is 2.18 bits per heavy atom. The highest BCUT2D eigenvalue weighted by molar-refractivity contribution is 5.76.